The molecule has 0 aliphatic heterocycles. The molecule has 3 aromatic rings. The first-order valence-electron chi connectivity index (χ1n) is 8.19. The number of benzene rings is 2. The van der Waals surface area contributed by atoms with Crippen molar-refractivity contribution >= 4 is 17.7 Å². The molecule has 0 saturated carbocycles. The van der Waals surface area contributed by atoms with Gasteiger partial charge in [-0.2, -0.15) is 4.98 Å². The first-order valence-corrected chi connectivity index (χ1v) is 9.17. The Hall–Kier alpha value is -2.87. The largest absolute Gasteiger partial charge is 0.487 e. The molecule has 27 heavy (non-hydrogen) atoms. The van der Waals surface area contributed by atoms with Gasteiger partial charge in [-0.1, -0.05) is 29.4 Å². The van der Waals surface area contributed by atoms with Crippen molar-refractivity contribution in [1.29, 1.82) is 0 Å². The van der Waals surface area contributed by atoms with Crippen molar-refractivity contribution in [3.63, 3.8) is 0 Å². The molecule has 0 amide bonds. The monoisotopic (exact) mass is 388 g/mol. The topological polar surface area (TPSA) is 74.5 Å². The fraction of sp³-hybridized carbons (Fsp3) is 0.211. The summed E-state index contributed by atoms with van der Waals surface area (Å²) in [7, 11) is 0. The van der Waals surface area contributed by atoms with E-state index in [1.807, 2.05) is 12.1 Å². The van der Waals surface area contributed by atoms with Gasteiger partial charge in [0.25, 0.3) is 0 Å². The molecule has 6 nitrogen and oxygen atoms in total. The van der Waals surface area contributed by atoms with Gasteiger partial charge >= 0.3 is 5.97 Å². The van der Waals surface area contributed by atoms with E-state index < -0.39 is 11.8 Å². The van der Waals surface area contributed by atoms with Crippen molar-refractivity contribution in [1.82, 2.24) is 10.1 Å². The van der Waals surface area contributed by atoms with Gasteiger partial charge in [0, 0.05) is 4.90 Å². The van der Waals surface area contributed by atoms with Gasteiger partial charge in [-0.15, -0.1) is 11.8 Å². The lowest BCUT2D eigenvalue weighted by Gasteiger charge is -2.10. The zero-order chi connectivity index (χ0) is 19.1. The molecule has 140 valence electrons. The molecule has 3 rings (SSSR count). The summed E-state index contributed by atoms with van der Waals surface area (Å²) in [6.45, 7) is 1.81. The normalized spacial score (nSPS) is 10.6. The minimum absolute atomic E-state index is 0.00895. The van der Waals surface area contributed by atoms with Gasteiger partial charge in [0.1, 0.15) is 13.2 Å². The first kappa shape index (κ1) is 18.9. The number of nitrogens with zero attached hydrogens (tertiary/aromatic N) is 2. The number of aromatic nitrogens is 2. The Morgan fingerprint density at radius 1 is 1.15 bits per heavy atom. The maximum absolute atomic E-state index is 13.5. The molecule has 0 unspecified atom stereocenters. The Morgan fingerprint density at radius 3 is 2.70 bits per heavy atom. The second-order valence-corrected chi connectivity index (χ2v) is 6.45. The number of hydrogen-bond acceptors (Lipinski definition) is 7. The van der Waals surface area contributed by atoms with E-state index in [2.05, 4.69) is 10.1 Å². The summed E-state index contributed by atoms with van der Waals surface area (Å²) in [6.07, 6.45) is 0. The van der Waals surface area contributed by atoms with Crippen molar-refractivity contribution in [3.8, 4) is 5.75 Å². The Morgan fingerprint density at radius 2 is 1.93 bits per heavy atom. The predicted molar refractivity (Wildman–Crippen MR) is 97.2 cm³/mol. The van der Waals surface area contributed by atoms with Gasteiger partial charge in [0.05, 0.1) is 11.3 Å². The van der Waals surface area contributed by atoms with Crippen LogP contribution in [0.3, 0.4) is 0 Å². The second-order valence-electron chi connectivity index (χ2n) is 5.43. The number of hydrogen-bond donors (Lipinski definition) is 0. The third-order valence-electron chi connectivity index (χ3n) is 3.44. The van der Waals surface area contributed by atoms with Crippen LogP contribution in [0.2, 0.25) is 0 Å². The summed E-state index contributed by atoms with van der Waals surface area (Å²) in [5.41, 5.74) is 0.435. The number of carbonyl (C=O) groups excluding carboxylic acids is 1. The average molecular weight is 388 g/mol. The van der Waals surface area contributed by atoms with Crippen LogP contribution in [-0.2, 0) is 10.5 Å². The zero-order valence-electron chi connectivity index (χ0n) is 14.6. The molecule has 0 bridgehead atoms. The smallest absolute Gasteiger partial charge is 0.339 e. The highest BCUT2D eigenvalue weighted by molar-refractivity contribution is 7.98. The van der Waals surface area contributed by atoms with E-state index in [1.54, 1.807) is 31.2 Å². The van der Waals surface area contributed by atoms with Crippen molar-refractivity contribution in [2.75, 3.05) is 13.2 Å². The number of halogens is 1. The first-order chi connectivity index (χ1) is 13.1. The average Bonchev–Trinajstić information content (AvgIpc) is 3.10. The van der Waals surface area contributed by atoms with E-state index in [0.29, 0.717) is 23.0 Å². The summed E-state index contributed by atoms with van der Waals surface area (Å²) in [6, 6.07) is 13.2. The molecule has 0 aliphatic carbocycles. The van der Waals surface area contributed by atoms with Gasteiger partial charge in [0.2, 0.25) is 5.89 Å². The van der Waals surface area contributed by atoms with Crippen LogP contribution >= 0.6 is 11.8 Å². The lowest BCUT2D eigenvalue weighted by atomic mass is 10.2. The van der Waals surface area contributed by atoms with Crippen LogP contribution in [0, 0.1) is 12.7 Å². The van der Waals surface area contributed by atoms with Crippen LogP contribution in [0.25, 0.3) is 0 Å². The maximum atomic E-state index is 13.5. The van der Waals surface area contributed by atoms with Crippen LogP contribution in [-0.4, -0.2) is 29.3 Å². The predicted octanol–water partition coefficient (Wildman–Crippen LogP) is 4.05. The summed E-state index contributed by atoms with van der Waals surface area (Å²) >= 11 is 1.40. The van der Waals surface area contributed by atoms with Gasteiger partial charge < -0.3 is 14.0 Å². The van der Waals surface area contributed by atoms with Gasteiger partial charge in [-0.25, -0.2) is 9.18 Å². The standard InChI is InChI=1S/C19H17FN2O4S/c1-13-21-18(26-22-13)12-27-17-9-5-2-6-14(17)19(23)25-11-10-24-16-8-4-3-7-15(16)20/h2-9H,10-12H2,1H3. The molecular weight excluding hydrogens is 371 g/mol. The minimum atomic E-state index is -0.475. The molecule has 0 atom stereocenters. The number of esters is 1. The second kappa shape index (κ2) is 9.18. The molecule has 0 radical (unpaired) electrons. The van der Waals surface area contributed by atoms with E-state index in [0.717, 1.165) is 4.90 Å². The van der Waals surface area contributed by atoms with Crippen molar-refractivity contribution < 1.29 is 23.2 Å². The van der Waals surface area contributed by atoms with E-state index in [9.17, 15) is 9.18 Å². The third kappa shape index (κ3) is 5.30. The molecule has 8 heteroatoms. The van der Waals surface area contributed by atoms with Gasteiger partial charge in [0.15, 0.2) is 17.4 Å². The van der Waals surface area contributed by atoms with E-state index in [-0.39, 0.29) is 19.0 Å². The number of ether oxygens (including phenoxy) is 2. The molecule has 0 fully saturated rings. The Balaban J connectivity index is 1.52. The SMILES string of the molecule is Cc1noc(CSc2ccccc2C(=O)OCCOc2ccccc2F)n1. The highest BCUT2D eigenvalue weighted by Gasteiger charge is 2.14. The van der Waals surface area contributed by atoms with Crippen molar-refractivity contribution in [2.24, 2.45) is 0 Å². The lowest BCUT2D eigenvalue weighted by Crippen LogP contribution is -2.13. The van der Waals surface area contributed by atoms with Crippen molar-refractivity contribution in [3.05, 3.63) is 71.6 Å². The summed E-state index contributed by atoms with van der Waals surface area (Å²) in [4.78, 5) is 17.2. The molecule has 2 aromatic carbocycles. The van der Waals surface area contributed by atoms with Crippen LogP contribution in [0.4, 0.5) is 4.39 Å². The van der Waals surface area contributed by atoms with E-state index in [4.69, 9.17) is 14.0 Å². The fourth-order valence-electron chi connectivity index (χ4n) is 2.22. The Labute approximate surface area is 159 Å². The van der Waals surface area contributed by atoms with Crippen LogP contribution in [0.5, 0.6) is 5.75 Å². The Bertz CT molecular complexity index is 916. The third-order valence-corrected chi connectivity index (χ3v) is 4.50. The molecule has 1 heterocycles. The number of aryl methyl sites for hydroxylation is 1. The molecular formula is C19H17FN2O4S. The van der Waals surface area contributed by atoms with E-state index in [1.165, 1.54) is 23.9 Å². The number of para-hydroxylation sites is 1. The number of rotatable bonds is 8. The zero-order valence-corrected chi connectivity index (χ0v) is 15.4. The van der Waals surface area contributed by atoms with Gasteiger partial charge in [-0.3, -0.25) is 0 Å². The van der Waals surface area contributed by atoms with Gasteiger partial charge in [-0.05, 0) is 31.2 Å². The van der Waals surface area contributed by atoms with E-state index >= 15 is 0 Å². The fourth-order valence-corrected chi connectivity index (χ4v) is 3.10. The lowest BCUT2D eigenvalue weighted by molar-refractivity contribution is 0.0444. The highest BCUT2D eigenvalue weighted by atomic mass is 32.2. The summed E-state index contributed by atoms with van der Waals surface area (Å²) in [5.74, 6) is 0.687. The molecule has 1 aromatic heterocycles. The number of carbonyl (C=O) groups is 1. The minimum Gasteiger partial charge on any atom is -0.487 e. The summed E-state index contributed by atoms with van der Waals surface area (Å²) in [5, 5.41) is 3.74. The molecule has 0 saturated heterocycles. The molecule has 0 N–H and O–H groups in total. The maximum Gasteiger partial charge on any atom is 0.339 e. The van der Waals surface area contributed by atoms with Crippen molar-refractivity contribution in [2.45, 2.75) is 17.6 Å². The summed E-state index contributed by atoms with van der Waals surface area (Å²) < 4.78 is 29.1. The van der Waals surface area contributed by atoms with Crippen LogP contribution in [0.15, 0.2) is 57.9 Å². The van der Waals surface area contributed by atoms with Crippen LogP contribution < -0.4 is 4.74 Å². The number of thioether (sulfide) groups is 1. The highest BCUT2D eigenvalue weighted by Crippen LogP contribution is 2.26. The molecule has 0 spiro atoms. The van der Waals surface area contributed by atoms with Crippen LogP contribution in [0.1, 0.15) is 22.1 Å². The molecule has 0 aliphatic rings. The Kier molecular flexibility index (Phi) is 6.43. The quantitative estimate of drug-likeness (QED) is 0.327.